The number of hydrogen-bond acceptors (Lipinski definition) is 2. The second-order valence-corrected chi connectivity index (χ2v) is 5.97. The number of rotatable bonds is 4. The average molecular weight is 301 g/mol. The van der Waals surface area contributed by atoms with E-state index in [4.69, 9.17) is 11.6 Å². The molecule has 0 radical (unpaired) electrons. The summed E-state index contributed by atoms with van der Waals surface area (Å²) >= 11 is 6.24. The Bertz CT molecular complexity index is 570. The average Bonchev–Trinajstić information content (AvgIpc) is 2.55. The fourth-order valence-electron chi connectivity index (χ4n) is 3.00. The molecule has 0 saturated carbocycles. The topological polar surface area (TPSA) is 24.1 Å². The van der Waals surface area contributed by atoms with Crippen molar-refractivity contribution in [3.05, 3.63) is 70.7 Å². The van der Waals surface area contributed by atoms with Crippen LogP contribution in [0.4, 0.5) is 0 Å². The lowest BCUT2D eigenvalue weighted by molar-refractivity contribution is 0.304. The Balaban J connectivity index is 1.69. The molecular formula is C18H21ClN2. The van der Waals surface area contributed by atoms with Gasteiger partial charge >= 0.3 is 0 Å². The summed E-state index contributed by atoms with van der Waals surface area (Å²) in [7, 11) is 0. The molecule has 1 fully saturated rings. The summed E-state index contributed by atoms with van der Waals surface area (Å²) in [6.45, 7) is 1.90. The van der Waals surface area contributed by atoms with Gasteiger partial charge in [-0.3, -0.25) is 0 Å². The molecule has 110 valence electrons. The highest BCUT2D eigenvalue weighted by molar-refractivity contribution is 6.31. The number of nitrogens with one attached hydrogen (secondary N) is 2. The van der Waals surface area contributed by atoms with E-state index < -0.39 is 0 Å². The van der Waals surface area contributed by atoms with Gasteiger partial charge in [0.1, 0.15) is 0 Å². The number of piperidine rings is 1. The number of benzene rings is 2. The summed E-state index contributed by atoms with van der Waals surface area (Å²) in [6, 6.07) is 19.6. The summed E-state index contributed by atoms with van der Waals surface area (Å²) in [5.74, 6) is 0. The highest BCUT2D eigenvalue weighted by Crippen LogP contribution is 2.24. The van der Waals surface area contributed by atoms with Crippen molar-refractivity contribution < 1.29 is 0 Å². The van der Waals surface area contributed by atoms with E-state index in [-0.39, 0.29) is 0 Å². The lowest BCUT2D eigenvalue weighted by atomic mass is 9.92. The molecule has 1 aliphatic heterocycles. The van der Waals surface area contributed by atoms with Crippen molar-refractivity contribution in [3.8, 4) is 0 Å². The lowest BCUT2D eigenvalue weighted by Gasteiger charge is -2.34. The smallest absolute Gasteiger partial charge is 0.0476 e. The van der Waals surface area contributed by atoms with Crippen LogP contribution in [0, 0.1) is 0 Å². The molecule has 2 aromatic rings. The van der Waals surface area contributed by atoms with E-state index in [1.807, 2.05) is 18.2 Å². The highest BCUT2D eigenvalue weighted by Gasteiger charge is 2.25. The fraction of sp³-hybridized carbons (Fsp3) is 0.333. The molecule has 3 heteroatoms. The summed E-state index contributed by atoms with van der Waals surface area (Å²) in [5.41, 5.74) is 2.52. The zero-order chi connectivity index (χ0) is 14.5. The minimum absolute atomic E-state index is 0.377. The predicted molar refractivity (Wildman–Crippen MR) is 88.5 cm³/mol. The first-order chi connectivity index (χ1) is 10.3. The zero-order valence-corrected chi connectivity index (χ0v) is 12.8. The first kappa shape index (κ1) is 14.6. The summed E-state index contributed by atoms with van der Waals surface area (Å²) in [4.78, 5) is 0. The van der Waals surface area contributed by atoms with E-state index in [0.717, 1.165) is 23.7 Å². The maximum atomic E-state index is 6.24. The molecule has 0 spiro atoms. The molecule has 0 bridgehead atoms. The standard InChI is InChI=1S/C18H21ClN2/c19-16-10-5-4-9-15(16)13-21-17-11-6-12-20-18(17)14-7-2-1-3-8-14/h1-5,7-10,17-18,20-21H,6,11-13H2/t17-,18+/m1/s1. The molecule has 1 saturated heterocycles. The van der Waals surface area contributed by atoms with E-state index in [9.17, 15) is 0 Å². The summed E-state index contributed by atoms with van der Waals surface area (Å²) in [6.07, 6.45) is 2.40. The van der Waals surface area contributed by atoms with Crippen LogP contribution in [0.1, 0.15) is 30.0 Å². The molecule has 2 aromatic carbocycles. The van der Waals surface area contributed by atoms with Crippen molar-refractivity contribution in [2.24, 2.45) is 0 Å². The summed E-state index contributed by atoms with van der Waals surface area (Å²) in [5, 5.41) is 8.16. The minimum atomic E-state index is 0.377. The molecule has 0 amide bonds. The van der Waals surface area contributed by atoms with Gasteiger partial charge in [-0.25, -0.2) is 0 Å². The first-order valence-electron chi connectivity index (χ1n) is 7.60. The third-order valence-corrected chi connectivity index (χ3v) is 4.50. The van der Waals surface area contributed by atoms with Gasteiger partial charge < -0.3 is 10.6 Å². The molecule has 0 unspecified atom stereocenters. The van der Waals surface area contributed by atoms with Crippen molar-refractivity contribution in [1.29, 1.82) is 0 Å². The molecule has 0 aliphatic carbocycles. The molecule has 2 N–H and O–H groups in total. The molecule has 21 heavy (non-hydrogen) atoms. The third-order valence-electron chi connectivity index (χ3n) is 4.13. The van der Waals surface area contributed by atoms with Gasteiger partial charge in [-0.1, -0.05) is 60.1 Å². The van der Waals surface area contributed by atoms with Gasteiger partial charge in [0, 0.05) is 23.7 Å². The Morgan fingerprint density at radius 3 is 2.62 bits per heavy atom. The lowest BCUT2D eigenvalue weighted by Crippen LogP contribution is -2.45. The quantitative estimate of drug-likeness (QED) is 0.894. The molecule has 1 aliphatic rings. The van der Waals surface area contributed by atoms with E-state index >= 15 is 0 Å². The Hall–Kier alpha value is -1.35. The Morgan fingerprint density at radius 2 is 1.81 bits per heavy atom. The van der Waals surface area contributed by atoms with Gasteiger partial charge in [0.05, 0.1) is 0 Å². The molecule has 0 aromatic heterocycles. The maximum Gasteiger partial charge on any atom is 0.0476 e. The third kappa shape index (κ3) is 3.65. The second-order valence-electron chi connectivity index (χ2n) is 5.56. The van der Waals surface area contributed by atoms with Crippen LogP contribution >= 0.6 is 11.6 Å². The van der Waals surface area contributed by atoms with Crippen molar-refractivity contribution in [2.45, 2.75) is 31.5 Å². The number of halogens is 1. The molecule has 2 atom stereocenters. The van der Waals surface area contributed by atoms with Gasteiger partial charge in [-0.15, -0.1) is 0 Å². The van der Waals surface area contributed by atoms with Crippen LogP contribution in [-0.4, -0.2) is 12.6 Å². The molecule has 3 rings (SSSR count). The van der Waals surface area contributed by atoms with E-state index in [1.54, 1.807) is 0 Å². The molecule has 2 nitrogen and oxygen atoms in total. The van der Waals surface area contributed by atoms with Crippen LogP contribution in [0.15, 0.2) is 54.6 Å². The van der Waals surface area contributed by atoms with Crippen LogP contribution in [0.5, 0.6) is 0 Å². The second kappa shape index (κ2) is 7.08. The van der Waals surface area contributed by atoms with E-state index in [2.05, 4.69) is 47.0 Å². The highest BCUT2D eigenvalue weighted by atomic mass is 35.5. The largest absolute Gasteiger partial charge is 0.309 e. The normalized spacial score (nSPS) is 22.1. The zero-order valence-electron chi connectivity index (χ0n) is 12.1. The van der Waals surface area contributed by atoms with Crippen molar-refractivity contribution in [2.75, 3.05) is 6.54 Å². The predicted octanol–water partition coefficient (Wildman–Crippen LogP) is 3.92. The van der Waals surface area contributed by atoms with Gasteiger partial charge in [-0.2, -0.15) is 0 Å². The van der Waals surface area contributed by atoms with Crippen molar-refractivity contribution >= 4 is 11.6 Å². The SMILES string of the molecule is Clc1ccccc1CN[C@@H]1CCCN[C@H]1c1ccccc1. The van der Waals surface area contributed by atoms with Crippen LogP contribution in [0.3, 0.4) is 0 Å². The van der Waals surface area contributed by atoms with Gasteiger partial charge in [0.2, 0.25) is 0 Å². The van der Waals surface area contributed by atoms with Crippen LogP contribution in [-0.2, 0) is 6.54 Å². The van der Waals surface area contributed by atoms with Gasteiger partial charge in [-0.05, 0) is 36.6 Å². The fourth-order valence-corrected chi connectivity index (χ4v) is 3.20. The van der Waals surface area contributed by atoms with Crippen LogP contribution < -0.4 is 10.6 Å². The van der Waals surface area contributed by atoms with Gasteiger partial charge in [0.25, 0.3) is 0 Å². The number of hydrogen-bond donors (Lipinski definition) is 2. The van der Waals surface area contributed by atoms with Gasteiger partial charge in [0.15, 0.2) is 0 Å². The van der Waals surface area contributed by atoms with E-state index in [1.165, 1.54) is 18.4 Å². The van der Waals surface area contributed by atoms with E-state index in [0.29, 0.717) is 12.1 Å². The van der Waals surface area contributed by atoms with Crippen LogP contribution in [0.2, 0.25) is 5.02 Å². The monoisotopic (exact) mass is 300 g/mol. The summed E-state index contributed by atoms with van der Waals surface area (Å²) < 4.78 is 0. The Labute approximate surface area is 131 Å². The van der Waals surface area contributed by atoms with Crippen molar-refractivity contribution in [1.82, 2.24) is 10.6 Å². The molecular weight excluding hydrogens is 280 g/mol. The Morgan fingerprint density at radius 1 is 1.05 bits per heavy atom. The minimum Gasteiger partial charge on any atom is -0.309 e. The van der Waals surface area contributed by atoms with Crippen molar-refractivity contribution in [3.63, 3.8) is 0 Å². The maximum absolute atomic E-state index is 6.24. The Kier molecular flexibility index (Phi) is 4.91. The molecule has 1 heterocycles. The first-order valence-corrected chi connectivity index (χ1v) is 7.97. The van der Waals surface area contributed by atoms with Crippen LogP contribution in [0.25, 0.3) is 0 Å².